The Balaban J connectivity index is 1.35. The molecule has 0 aliphatic carbocycles. The molecule has 0 atom stereocenters. The lowest BCUT2D eigenvalue weighted by atomic mass is 10.0. The van der Waals surface area contributed by atoms with E-state index < -0.39 is 5.91 Å². The first-order valence-electron chi connectivity index (χ1n) is 10.7. The summed E-state index contributed by atoms with van der Waals surface area (Å²) in [4.78, 5) is 33.9. The van der Waals surface area contributed by atoms with Crippen molar-refractivity contribution in [1.82, 2.24) is 20.2 Å². The quantitative estimate of drug-likeness (QED) is 0.306. The second kappa shape index (κ2) is 9.70. The van der Waals surface area contributed by atoms with Gasteiger partial charge in [0.25, 0.3) is 5.91 Å². The zero-order valence-corrected chi connectivity index (χ0v) is 19.0. The topological polar surface area (TPSA) is 101 Å². The van der Waals surface area contributed by atoms with Gasteiger partial charge in [-0.25, -0.2) is 0 Å². The lowest BCUT2D eigenvalue weighted by Gasteiger charge is -2.07. The maximum atomic E-state index is 13.2. The molecule has 3 aromatic heterocycles. The minimum Gasteiger partial charge on any atom is -0.321 e. The van der Waals surface area contributed by atoms with Gasteiger partial charge in [-0.1, -0.05) is 35.9 Å². The second-order valence-electron chi connectivity index (χ2n) is 7.68. The molecule has 0 unspecified atom stereocenters. The predicted molar refractivity (Wildman–Crippen MR) is 136 cm³/mol. The molecule has 170 valence electrons. The fourth-order valence-electron chi connectivity index (χ4n) is 3.58. The van der Waals surface area contributed by atoms with Crippen molar-refractivity contribution in [2.75, 3.05) is 5.32 Å². The molecule has 5 aromatic rings. The van der Waals surface area contributed by atoms with E-state index >= 15 is 0 Å². The number of nitrogens with zero attached hydrogens (tertiary/aromatic N) is 3. The number of aromatic nitrogens is 4. The molecule has 35 heavy (non-hydrogen) atoms. The molecule has 0 fully saturated rings. The van der Waals surface area contributed by atoms with Crippen molar-refractivity contribution in [2.24, 2.45) is 0 Å². The molecular weight excluding hydrogens is 462 g/mol. The number of rotatable bonds is 6. The number of fused-ring (bicyclic) bond motifs is 1. The van der Waals surface area contributed by atoms with Gasteiger partial charge >= 0.3 is 0 Å². The molecule has 2 aromatic carbocycles. The molecule has 3 heterocycles. The molecule has 1 amide bonds. The maximum Gasteiger partial charge on any atom is 0.274 e. The van der Waals surface area contributed by atoms with Crippen LogP contribution in [0.2, 0.25) is 5.02 Å². The van der Waals surface area contributed by atoms with Gasteiger partial charge < -0.3 is 5.32 Å². The summed E-state index contributed by atoms with van der Waals surface area (Å²) in [6.07, 6.45) is 6.95. The van der Waals surface area contributed by atoms with Crippen molar-refractivity contribution in [3.63, 3.8) is 0 Å². The summed E-state index contributed by atoms with van der Waals surface area (Å²) >= 11 is 5.94. The van der Waals surface area contributed by atoms with Crippen molar-refractivity contribution >= 4 is 52.0 Å². The molecular formula is C27H18ClN5O2. The fraction of sp³-hybridized carbons (Fsp3) is 0. The predicted octanol–water partition coefficient (Wildman–Crippen LogP) is 5.66. The van der Waals surface area contributed by atoms with Crippen molar-refractivity contribution < 1.29 is 9.59 Å². The Morgan fingerprint density at radius 2 is 1.74 bits per heavy atom. The monoisotopic (exact) mass is 479 g/mol. The molecule has 0 aliphatic rings. The number of pyridine rings is 2. The van der Waals surface area contributed by atoms with Crippen LogP contribution in [0.15, 0.2) is 85.2 Å². The Labute approximate surface area is 205 Å². The van der Waals surface area contributed by atoms with E-state index in [1.165, 1.54) is 12.3 Å². The smallest absolute Gasteiger partial charge is 0.274 e. The summed E-state index contributed by atoms with van der Waals surface area (Å²) in [5.74, 6) is -0.591. The number of halogens is 1. The van der Waals surface area contributed by atoms with Crippen LogP contribution in [0.4, 0.5) is 5.69 Å². The summed E-state index contributed by atoms with van der Waals surface area (Å²) in [5, 5.41) is 11.4. The van der Waals surface area contributed by atoms with Crippen molar-refractivity contribution in [2.45, 2.75) is 0 Å². The normalized spacial score (nSPS) is 11.1. The third-order valence-electron chi connectivity index (χ3n) is 5.29. The van der Waals surface area contributed by atoms with Crippen LogP contribution in [0.25, 0.3) is 23.1 Å². The molecule has 0 radical (unpaired) electrons. The van der Waals surface area contributed by atoms with Crippen LogP contribution in [-0.2, 0) is 0 Å². The van der Waals surface area contributed by atoms with Crippen LogP contribution in [-0.4, -0.2) is 31.9 Å². The highest BCUT2D eigenvalue weighted by molar-refractivity contribution is 6.31. The minimum atomic E-state index is -0.415. The van der Waals surface area contributed by atoms with E-state index in [2.05, 4.69) is 25.5 Å². The van der Waals surface area contributed by atoms with Gasteiger partial charge in [-0.05, 0) is 60.7 Å². The van der Waals surface area contributed by atoms with Gasteiger partial charge in [0.05, 0.1) is 16.9 Å². The second-order valence-corrected chi connectivity index (χ2v) is 8.12. The number of hydrogen-bond donors (Lipinski definition) is 2. The standard InChI is InChI=1S/C27H18ClN5O2/c28-19-11-13-30-25(16-19)27(35)31-21-6-3-4-17(14-21)26(34)18-7-9-22-23(32-33-24(22)15-18)10-8-20-5-1-2-12-29-20/h1-16H,(H,31,35)(H,32,33). The van der Waals surface area contributed by atoms with Crippen LogP contribution in [0.3, 0.4) is 0 Å². The van der Waals surface area contributed by atoms with Crippen molar-refractivity contribution in [3.8, 4) is 0 Å². The van der Waals surface area contributed by atoms with Crippen LogP contribution in [0.1, 0.15) is 37.8 Å². The lowest BCUT2D eigenvalue weighted by molar-refractivity contribution is 0.101. The van der Waals surface area contributed by atoms with Gasteiger partial charge in [-0.2, -0.15) is 5.10 Å². The van der Waals surface area contributed by atoms with E-state index in [-0.39, 0.29) is 11.5 Å². The van der Waals surface area contributed by atoms with Gasteiger partial charge in [0.2, 0.25) is 0 Å². The summed E-state index contributed by atoms with van der Waals surface area (Å²) in [5.41, 5.74) is 3.93. The Hall–Kier alpha value is -4.62. The molecule has 8 heteroatoms. The van der Waals surface area contributed by atoms with Crippen LogP contribution >= 0.6 is 11.6 Å². The van der Waals surface area contributed by atoms with Crippen LogP contribution in [0, 0.1) is 0 Å². The minimum absolute atomic E-state index is 0.177. The van der Waals surface area contributed by atoms with E-state index in [1.807, 2.05) is 36.4 Å². The van der Waals surface area contributed by atoms with Gasteiger partial charge in [0, 0.05) is 39.6 Å². The zero-order chi connectivity index (χ0) is 24.2. The van der Waals surface area contributed by atoms with E-state index in [9.17, 15) is 9.59 Å². The molecule has 0 saturated carbocycles. The average Bonchev–Trinajstić information content (AvgIpc) is 3.30. The average molecular weight is 480 g/mol. The number of carbonyl (C=O) groups is 2. The number of aromatic amines is 1. The Kier molecular flexibility index (Phi) is 6.15. The molecule has 5 rings (SSSR count). The Morgan fingerprint density at radius 3 is 2.57 bits per heavy atom. The third kappa shape index (κ3) is 5.00. The molecule has 0 saturated heterocycles. The Bertz CT molecular complexity index is 1580. The maximum absolute atomic E-state index is 13.2. The van der Waals surface area contributed by atoms with E-state index in [0.717, 1.165) is 22.3 Å². The highest BCUT2D eigenvalue weighted by Gasteiger charge is 2.14. The lowest BCUT2D eigenvalue weighted by Crippen LogP contribution is -2.14. The van der Waals surface area contributed by atoms with Crippen LogP contribution in [0.5, 0.6) is 0 Å². The van der Waals surface area contributed by atoms with Gasteiger partial charge in [-0.3, -0.25) is 24.7 Å². The first-order chi connectivity index (χ1) is 17.1. The summed E-state index contributed by atoms with van der Waals surface area (Å²) < 4.78 is 0. The molecule has 2 N–H and O–H groups in total. The summed E-state index contributed by atoms with van der Waals surface area (Å²) in [6, 6.07) is 20.9. The van der Waals surface area contributed by atoms with E-state index in [0.29, 0.717) is 21.8 Å². The van der Waals surface area contributed by atoms with E-state index in [1.54, 1.807) is 48.7 Å². The highest BCUT2D eigenvalue weighted by Crippen LogP contribution is 2.22. The van der Waals surface area contributed by atoms with E-state index in [4.69, 9.17) is 11.6 Å². The van der Waals surface area contributed by atoms with Gasteiger partial charge in [0.15, 0.2) is 5.78 Å². The van der Waals surface area contributed by atoms with Gasteiger partial charge in [-0.15, -0.1) is 0 Å². The summed E-state index contributed by atoms with van der Waals surface area (Å²) in [7, 11) is 0. The number of benzene rings is 2. The Morgan fingerprint density at radius 1 is 0.857 bits per heavy atom. The number of carbonyl (C=O) groups excluding carboxylic acids is 2. The molecule has 0 bridgehead atoms. The number of hydrogen-bond acceptors (Lipinski definition) is 5. The molecule has 0 spiro atoms. The van der Waals surface area contributed by atoms with Crippen LogP contribution < -0.4 is 5.32 Å². The fourth-order valence-corrected chi connectivity index (χ4v) is 3.74. The number of anilines is 1. The SMILES string of the molecule is O=C(c1cccc(NC(=O)c2cc(Cl)ccn2)c1)c1ccc2c(C=Cc3ccccn3)n[nH]c2c1. The largest absolute Gasteiger partial charge is 0.321 e. The van der Waals surface area contributed by atoms with Gasteiger partial charge in [0.1, 0.15) is 5.69 Å². The highest BCUT2D eigenvalue weighted by atomic mass is 35.5. The molecule has 7 nitrogen and oxygen atoms in total. The van der Waals surface area contributed by atoms with Crippen molar-refractivity contribution in [1.29, 1.82) is 0 Å². The summed E-state index contributed by atoms with van der Waals surface area (Å²) in [6.45, 7) is 0. The number of H-pyrrole nitrogens is 1. The number of nitrogens with one attached hydrogen (secondary N) is 2. The van der Waals surface area contributed by atoms with Crippen molar-refractivity contribution in [3.05, 3.63) is 118 Å². The first kappa shape index (κ1) is 22.2. The zero-order valence-electron chi connectivity index (χ0n) is 18.3. The third-order valence-corrected chi connectivity index (χ3v) is 5.53. The molecule has 0 aliphatic heterocycles. The number of ketones is 1. The first-order valence-corrected chi connectivity index (χ1v) is 11.1. The number of amides is 1.